The van der Waals surface area contributed by atoms with Crippen LogP contribution in [0.15, 0.2) is 24.6 Å². The van der Waals surface area contributed by atoms with E-state index in [1.807, 2.05) is 0 Å². The highest BCUT2D eigenvalue weighted by atomic mass is 31.2. The number of aromatic nitrogens is 4. The fourth-order valence-electron chi connectivity index (χ4n) is 2.48. The molecule has 0 radical (unpaired) electrons. The van der Waals surface area contributed by atoms with Crippen molar-refractivity contribution in [3.05, 3.63) is 24.6 Å². The molecule has 1 aliphatic carbocycles. The van der Waals surface area contributed by atoms with E-state index in [1.165, 1.54) is 32.5 Å². The number of imidazole rings is 1. The molecule has 3 atom stereocenters. The van der Waals surface area contributed by atoms with Crippen molar-refractivity contribution in [3.8, 4) is 0 Å². The quantitative estimate of drug-likeness (QED) is 0.607. The molecule has 9 nitrogen and oxygen atoms in total. The first-order valence-corrected chi connectivity index (χ1v) is 9.37. The lowest BCUT2D eigenvalue weighted by molar-refractivity contribution is -0.00901. The van der Waals surface area contributed by atoms with Crippen molar-refractivity contribution in [1.29, 1.82) is 0 Å². The molecule has 3 rings (SSSR count). The summed E-state index contributed by atoms with van der Waals surface area (Å²) in [5, 5.41) is 0. The van der Waals surface area contributed by atoms with E-state index >= 15 is 0 Å². The summed E-state index contributed by atoms with van der Waals surface area (Å²) in [6, 6.07) is -0.465. The molecule has 2 unspecified atom stereocenters. The number of allylic oxidation sites excluding steroid dienone is 1. The summed E-state index contributed by atoms with van der Waals surface area (Å²) >= 11 is 0. The number of nitrogen functional groups attached to an aromatic ring is 1. The Hall–Kier alpha value is -1.87. The zero-order valence-electron chi connectivity index (χ0n) is 13.2. The molecule has 0 saturated carbocycles. The average molecular weight is 356 g/mol. The minimum atomic E-state index is -2.97. The van der Waals surface area contributed by atoms with Gasteiger partial charge in [-0.15, -0.1) is 0 Å². The number of nitrogens with zero attached hydrogens (tertiary/aromatic N) is 4. The maximum Gasteiger partial charge on any atom is 0.224 e. The SMILES string of the molecule is COP(C)(=O)CO[C@@]1(N)CC(n2cnc3c(N)ncnc32)C=C1F. The van der Waals surface area contributed by atoms with Crippen LogP contribution in [-0.2, 0) is 13.8 Å². The van der Waals surface area contributed by atoms with Crippen LogP contribution in [0, 0.1) is 0 Å². The van der Waals surface area contributed by atoms with E-state index in [0.29, 0.717) is 11.2 Å². The number of rotatable bonds is 5. The van der Waals surface area contributed by atoms with E-state index in [9.17, 15) is 8.96 Å². The van der Waals surface area contributed by atoms with Crippen molar-refractivity contribution in [1.82, 2.24) is 19.5 Å². The molecule has 0 amide bonds. The predicted molar refractivity (Wildman–Crippen MR) is 86.0 cm³/mol. The first kappa shape index (κ1) is 17.0. The topological polar surface area (TPSA) is 131 Å². The molecule has 0 spiro atoms. The van der Waals surface area contributed by atoms with Crippen molar-refractivity contribution in [2.45, 2.75) is 18.2 Å². The molecular weight excluding hydrogens is 338 g/mol. The Bertz CT molecular complexity index is 855. The molecule has 0 fully saturated rings. The molecule has 24 heavy (non-hydrogen) atoms. The molecule has 0 aromatic carbocycles. The van der Waals surface area contributed by atoms with Crippen molar-refractivity contribution in [3.63, 3.8) is 0 Å². The smallest absolute Gasteiger partial charge is 0.224 e. The molecule has 130 valence electrons. The standard InChI is InChI=1S/C13H18FN6O3P/c1-22-24(2,21)7-23-13(16)4-8(3-9(13)14)20-6-19-10-11(15)17-5-18-12(10)20/h3,5-6,8H,4,7,16H2,1-2H3,(H2,15,17,18)/t8?,13-,24?/m0/s1. The van der Waals surface area contributed by atoms with Crippen LogP contribution in [0.2, 0.25) is 0 Å². The highest BCUT2D eigenvalue weighted by molar-refractivity contribution is 7.57. The van der Waals surface area contributed by atoms with E-state index in [1.54, 1.807) is 4.57 Å². The van der Waals surface area contributed by atoms with Crippen LogP contribution in [0.25, 0.3) is 11.2 Å². The molecule has 0 bridgehead atoms. The fraction of sp³-hybridized carbons (Fsp3) is 0.462. The van der Waals surface area contributed by atoms with Gasteiger partial charge in [-0.2, -0.15) is 0 Å². The zero-order chi connectivity index (χ0) is 17.5. The van der Waals surface area contributed by atoms with Gasteiger partial charge in [-0.3, -0.25) is 10.3 Å². The Morgan fingerprint density at radius 3 is 2.96 bits per heavy atom. The third-order valence-corrected chi connectivity index (χ3v) is 5.31. The van der Waals surface area contributed by atoms with Crippen LogP contribution in [0.5, 0.6) is 0 Å². The maximum atomic E-state index is 14.4. The summed E-state index contributed by atoms with van der Waals surface area (Å²) in [5.74, 6) is -0.407. The summed E-state index contributed by atoms with van der Waals surface area (Å²) in [5.41, 5.74) is 11.0. The number of fused-ring (bicyclic) bond motifs is 1. The summed E-state index contributed by atoms with van der Waals surface area (Å²) in [6.07, 6.45) is 3.94. The van der Waals surface area contributed by atoms with Crippen molar-refractivity contribution in [2.24, 2.45) is 5.73 Å². The molecule has 1 aliphatic rings. The van der Waals surface area contributed by atoms with Crippen LogP contribution in [-0.4, -0.2) is 45.4 Å². The largest absolute Gasteiger partial charge is 0.382 e. The van der Waals surface area contributed by atoms with Gasteiger partial charge in [0, 0.05) is 20.2 Å². The van der Waals surface area contributed by atoms with Gasteiger partial charge in [0.05, 0.1) is 12.4 Å². The van der Waals surface area contributed by atoms with Crippen molar-refractivity contribution < 1.29 is 18.2 Å². The van der Waals surface area contributed by atoms with E-state index in [-0.39, 0.29) is 18.6 Å². The summed E-state index contributed by atoms with van der Waals surface area (Å²) in [7, 11) is -1.67. The highest BCUT2D eigenvalue weighted by Crippen LogP contribution is 2.45. The Kier molecular flexibility index (Phi) is 4.16. The van der Waals surface area contributed by atoms with Gasteiger partial charge in [0.1, 0.15) is 24.0 Å². The number of anilines is 1. The predicted octanol–water partition coefficient (Wildman–Crippen LogP) is 1.39. The lowest BCUT2D eigenvalue weighted by atomic mass is 10.1. The van der Waals surface area contributed by atoms with Gasteiger partial charge >= 0.3 is 0 Å². The second kappa shape index (κ2) is 5.89. The van der Waals surface area contributed by atoms with Gasteiger partial charge in [0.25, 0.3) is 0 Å². The van der Waals surface area contributed by atoms with E-state index in [0.717, 1.165) is 0 Å². The van der Waals surface area contributed by atoms with E-state index in [4.69, 9.17) is 20.7 Å². The number of hydrogen-bond acceptors (Lipinski definition) is 8. The second-order valence-electron chi connectivity index (χ2n) is 5.73. The third kappa shape index (κ3) is 2.93. The molecule has 2 heterocycles. The minimum Gasteiger partial charge on any atom is -0.382 e. The Labute approximate surface area is 137 Å². The summed E-state index contributed by atoms with van der Waals surface area (Å²) < 4.78 is 38.1. The van der Waals surface area contributed by atoms with Gasteiger partial charge < -0.3 is 19.6 Å². The fourth-order valence-corrected chi connectivity index (χ4v) is 3.05. The molecular formula is C13H18FN6O3P. The molecule has 2 aromatic heterocycles. The third-order valence-electron chi connectivity index (χ3n) is 3.94. The lowest BCUT2D eigenvalue weighted by Gasteiger charge is -2.26. The van der Waals surface area contributed by atoms with Crippen LogP contribution >= 0.6 is 7.37 Å². The van der Waals surface area contributed by atoms with Crippen LogP contribution in [0.1, 0.15) is 12.5 Å². The van der Waals surface area contributed by atoms with Gasteiger partial charge in [-0.05, 0) is 6.08 Å². The van der Waals surface area contributed by atoms with Crippen molar-refractivity contribution in [2.75, 3.05) is 25.9 Å². The number of halogens is 1. The Morgan fingerprint density at radius 1 is 1.50 bits per heavy atom. The molecule has 0 aliphatic heterocycles. The highest BCUT2D eigenvalue weighted by Gasteiger charge is 2.42. The first-order chi connectivity index (χ1) is 11.3. The monoisotopic (exact) mass is 356 g/mol. The van der Waals surface area contributed by atoms with Crippen molar-refractivity contribution >= 4 is 24.4 Å². The molecule has 4 N–H and O–H groups in total. The van der Waals surface area contributed by atoms with E-state index in [2.05, 4.69) is 15.0 Å². The van der Waals surface area contributed by atoms with Crippen LogP contribution < -0.4 is 11.5 Å². The van der Waals surface area contributed by atoms with Gasteiger partial charge in [-0.1, -0.05) is 0 Å². The summed E-state index contributed by atoms with van der Waals surface area (Å²) in [4.78, 5) is 12.1. The van der Waals surface area contributed by atoms with Gasteiger partial charge in [0.15, 0.2) is 17.2 Å². The lowest BCUT2D eigenvalue weighted by Crippen LogP contribution is -2.42. The summed E-state index contributed by atoms with van der Waals surface area (Å²) in [6.45, 7) is 1.40. The van der Waals surface area contributed by atoms with Gasteiger partial charge in [0.2, 0.25) is 7.37 Å². The minimum absolute atomic E-state index is 0.0952. The van der Waals surface area contributed by atoms with Crippen LogP contribution in [0.4, 0.5) is 10.2 Å². The number of hydrogen-bond donors (Lipinski definition) is 2. The van der Waals surface area contributed by atoms with Crippen LogP contribution in [0.3, 0.4) is 0 Å². The second-order valence-corrected chi connectivity index (χ2v) is 8.38. The normalized spacial score (nSPS) is 26.5. The van der Waals surface area contributed by atoms with Gasteiger partial charge in [-0.25, -0.2) is 19.3 Å². The molecule has 0 saturated heterocycles. The Balaban J connectivity index is 1.85. The Morgan fingerprint density at radius 2 is 2.25 bits per heavy atom. The zero-order valence-corrected chi connectivity index (χ0v) is 14.1. The average Bonchev–Trinajstić information content (AvgIpc) is 3.09. The molecule has 2 aromatic rings. The number of nitrogens with two attached hydrogens (primary N) is 2. The number of ether oxygens (including phenoxy) is 1. The first-order valence-electron chi connectivity index (χ1n) is 7.12. The molecule has 11 heteroatoms. The van der Waals surface area contributed by atoms with E-state index < -0.39 is 25.0 Å². The maximum absolute atomic E-state index is 14.4.